The average molecular weight is 283 g/mol. The molecule has 1 aromatic rings. The molecule has 1 heterocycles. The fraction of sp³-hybridized carbons (Fsp3) is 0.714. The van der Waals surface area contributed by atoms with E-state index in [1.54, 1.807) is 0 Å². The fourth-order valence-electron chi connectivity index (χ4n) is 2.77. The summed E-state index contributed by atoms with van der Waals surface area (Å²) in [7, 11) is 0. The van der Waals surface area contributed by atoms with E-state index in [1.165, 1.54) is 25.7 Å². The molecular formula is C14H23ClN4. The van der Waals surface area contributed by atoms with Crippen molar-refractivity contribution in [2.24, 2.45) is 5.92 Å². The minimum Gasteiger partial charge on any atom is -0.394 e. The normalized spacial score (nSPS) is 16.3. The molecule has 0 unspecified atom stereocenters. The van der Waals surface area contributed by atoms with Crippen LogP contribution in [0.4, 0.5) is 11.5 Å². The summed E-state index contributed by atoms with van der Waals surface area (Å²) in [4.78, 5) is 10.9. The molecule has 2 rings (SSSR count). The Labute approximate surface area is 120 Å². The molecule has 106 valence electrons. The highest BCUT2D eigenvalue weighted by molar-refractivity contribution is 6.28. The van der Waals surface area contributed by atoms with Crippen LogP contribution in [0.15, 0.2) is 0 Å². The van der Waals surface area contributed by atoms with Crippen molar-refractivity contribution in [2.75, 3.05) is 17.2 Å². The van der Waals surface area contributed by atoms with Gasteiger partial charge in [0.15, 0.2) is 5.82 Å². The van der Waals surface area contributed by atoms with Crippen molar-refractivity contribution in [2.45, 2.75) is 52.5 Å². The highest BCUT2D eigenvalue weighted by atomic mass is 35.5. The summed E-state index contributed by atoms with van der Waals surface area (Å²) in [6.07, 6.45) is 5.01. The van der Waals surface area contributed by atoms with Crippen LogP contribution < -0.4 is 10.6 Å². The maximum absolute atomic E-state index is 6.17. The second kappa shape index (κ2) is 5.95. The Morgan fingerprint density at radius 1 is 1.32 bits per heavy atom. The molecule has 1 fully saturated rings. The molecule has 0 aliphatic heterocycles. The average Bonchev–Trinajstić information content (AvgIpc) is 2.84. The van der Waals surface area contributed by atoms with Crippen LogP contribution in [0.1, 0.15) is 45.2 Å². The van der Waals surface area contributed by atoms with E-state index in [-0.39, 0.29) is 5.28 Å². The maximum Gasteiger partial charge on any atom is 0.224 e. The number of nitrogens with zero attached hydrogens (tertiary/aromatic N) is 3. The number of aromatic nitrogens is 2. The molecule has 2 N–H and O–H groups in total. The van der Waals surface area contributed by atoms with Gasteiger partial charge < -0.3 is 10.6 Å². The molecular weight excluding hydrogens is 260 g/mol. The summed E-state index contributed by atoms with van der Waals surface area (Å²) in [5.74, 6) is 1.38. The van der Waals surface area contributed by atoms with E-state index >= 15 is 0 Å². The Hall–Kier alpha value is -1.03. The van der Waals surface area contributed by atoms with Gasteiger partial charge in [-0.2, -0.15) is 4.98 Å². The predicted octanol–water partition coefficient (Wildman–Crippen LogP) is 3.43. The molecule has 19 heavy (non-hydrogen) atoms. The van der Waals surface area contributed by atoms with Crippen LogP contribution in [-0.4, -0.2) is 22.6 Å². The van der Waals surface area contributed by atoms with Gasteiger partial charge in [-0.3, -0.25) is 0 Å². The first kappa shape index (κ1) is 14.4. The minimum atomic E-state index is 0.286. The van der Waals surface area contributed by atoms with Gasteiger partial charge in [-0.15, -0.1) is 0 Å². The van der Waals surface area contributed by atoms with Crippen LogP contribution in [0.5, 0.6) is 0 Å². The number of anilines is 2. The summed E-state index contributed by atoms with van der Waals surface area (Å²) in [6.45, 7) is 7.28. The van der Waals surface area contributed by atoms with E-state index in [0.29, 0.717) is 17.6 Å². The second-order valence-corrected chi connectivity index (χ2v) is 6.14. The zero-order chi connectivity index (χ0) is 14.0. The Kier molecular flexibility index (Phi) is 4.50. The third kappa shape index (κ3) is 3.30. The lowest BCUT2D eigenvalue weighted by atomic mass is 10.1. The van der Waals surface area contributed by atoms with Crippen molar-refractivity contribution in [3.8, 4) is 0 Å². The number of hydrogen-bond acceptors (Lipinski definition) is 4. The first-order chi connectivity index (χ1) is 8.99. The topological polar surface area (TPSA) is 55.0 Å². The summed E-state index contributed by atoms with van der Waals surface area (Å²) in [6, 6.07) is 0.537. The summed E-state index contributed by atoms with van der Waals surface area (Å²) < 4.78 is 0. The molecule has 1 aliphatic rings. The quantitative estimate of drug-likeness (QED) is 0.860. The molecule has 0 radical (unpaired) electrons. The van der Waals surface area contributed by atoms with E-state index in [2.05, 4.69) is 28.7 Å². The summed E-state index contributed by atoms with van der Waals surface area (Å²) in [5, 5.41) is 0.286. The monoisotopic (exact) mass is 282 g/mol. The van der Waals surface area contributed by atoms with Crippen LogP contribution in [0.25, 0.3) is 0 Å². The van der Waals surface area contributed by atoms with Crippen molar-refractivity contribution >= 4 is 23.1 Å². The molecule has 0 aromatic carbocycles. The first-order valence-corrected chi connectivity index (χ1v) is 7.43. The lowest BCUT2D eigenvalue weighted by Crippen LogP contribution is -2.37. The third-order valence-electron chi connectivity index (χ3n) is 3.69. The molecule has 1 aromatic heterocycles. The summed E-state index contributed by atoms with van der Waals surface area (Å²) in [5.41, 5.74) is 7.60. The van der Waals surface area contributed by atoms with Crippen LogP contribution in [-0.2, 0) is 0 Å². The van der Waals surface area contributed by atoms with Gasteiger partial charge in [0.2, 0.25) is 5.28 Å². The first-order valence-electron chi connectivity index (χ1n) is 7.05. The molecule has 0 amide bonds. The lowest BCUT2D eigenvalue weighted by Gasteiger charge is -2.32. The molecule has 1 aliphatic carbocycles. The number of nitrogen functional groups attached to an aromatic ring is 1. The Bertz CT molecular complexity index is 441. The highest BCUT2D eigenvalue weighted by Gasteiger charge is 2.26. The molecule has 0 spiro atoms. The third-order valence-corrected chi connectivity index (χ3v) is 3.86. The van der Waals surface area contributed by atoms with Gasteiger partial charge in [-0.1, -0.05) is 26.7 Å². The molecule has 0 atom stereocenters. The van der Waals surface area contributed by atoms with Crippen molar-refractivity contribution < 1.29 is 0 Å². The van der Waals surface area contributed by atoms with Gasteiger partial charge in [-0.25, -0.2) is 4.98 Å². The van der Waals surface area contributed by atoms with Crippen LogP contribution in [0.3, 0.4) is 0 Å². The lowest BCUT2D eigenvalue weighted by molar-refractivity contribution is 0.531. The zero-order valence-electron chi connectivity index (χ0n) is 12.0. The number of aryl methyl sites for hydroxylation is 1. The van der Waals surface area contributed by atoms with E-state index in [4.69, 9.17) is 17.3 Å². The number of nitrogens with two attached hydrogens (primary N) is 1. The zero-order valence-corrected chi connectivity index (χ0v) is 12.7. The number of hydrogen-bond donors (Lipinski definition) is 1. The van der Waals surface area contributed by atoms with E-state index in [0.717, 1.165) is 18.1 Å². The van der Waals surface area contributed by atoms with E-state index < -0.39 is 0 Å². The predicted molar refractivity (Wildman–Crippen MR) is 80.6 cm³/mol. The number of halogens is 1. The number of rotatable bonds is 4. The van der Waals surface area contributed by atoms with Crippen molar-refractivity contribution in [3.63, 3.8) is 0 Å². The van der Waals surface area contributed by atoms with Crippen LogP contribution >= 0.6 is 11.6 Å². The van der Waals surface area contributed by atoms with Gasteiger partial charge in [0.05, 0.1) is 11.4 Å². The van der Waals surface area contributed by atoms with E-state index in [1.807, 2.05) is 6.92 Å². The van der Waals surface area contributed by atoms with Gasteiger partial charge >= 0.3 is 0 Å². The van der Waals surface area contributed by atoms with Gasteiger partial charge in [-0.05, 0) is 37.3 Å². The molecule has 4 nitrogen and oxygen atoms in total. The highest BCUT2D eigenvalue weighted by Crippen LogP contribution is 2.32. The Balaban J connectivity index is 2.36. The Morgan fingerprint density at radius 3 is 2.53 bits per heavy atom. The van der Waals surface area contributed by atoms with Crippen molar-refractivity contribution in [1.29, 1.82) is 0 Å². The Morgan fingerprint density at radius 2 is 1.95 bits per heavy atom. The van der Waals surface area contributed by atoms with Crippen molar-refractivity contribution in [3.05, 3.63) is 11.0 Å². The molecule has 0 bridgehead atoms. The van der Waals surface area contributed by atoms with Gasteiger partial charge in [0.1, 0.15) is 0 Å². The van der Waals surface area contributed by atoms with Crippen molar-refractivity contribution in [1.82, 2.24) is 9.97 Å². The molecule has 1 saturated carbocycles. The maximum atomic E-state index is 6.17. The molecule has 0 saturated heterocycles. The van der Waals surface area contributed by atoms with E-state index in [9.17, 15) is 0 Å². The van der Waals surface area contributed by atoms with Gasteiger partial charge in [0, 0.05) is 12.6 Å². The second-order valence-electron chi connectivity index (χ2n) is 5.80. The van der Waals surface area contributed by atoms with Crippen LogP contribution in [0.2, 0.25) is 5.28 Å². The molecule has 5 heteroatoms. The van der Waals surface area contributed by atoms with Crippen LogP contribution in [0, 0.1) is 12.8 Å². The standard InChI is InChI=1S/C14H23ClN4/c1-9(2)8-19(11-6-4-5-7-11)13-12(16)10(3)17-14(15)18-13/h9,11H,4-8,16H2,1-3H3. The minimum absolute atomic E-state index is 0.286. The fourth-order valence-corrected chi connectivity index (χ4v) is 2.98. The van der Waals surface area contributed by atoms with Gasteiger partial charge in [0.25, 0.3) is 0 Å². The smallest absolute Gasteiger partial charge is 0.224 e. The SMILES string of the molecule is Cc1nc(Cl)nc(N(CC(C)C)C2CCCC2)c1N. The largest absolute Gasteiger partial charge is 0.394 e. The summed E-state index contributed by atoms with van der Waals surface area (Å²) >= 11 is 6.00.